The van der Waals surface area contributed by atoms with Crippen LogP contribution in [0.5, 0.6) is 0 Å². The van der Waals surface area contributed by atoms with Crippen LogP contribution in [0, 0.1) is 0 Å². The average molecular weight is 319 g/mol. The topological polar surface area (TPSA) is 69.7 Å². The molecule has 0 bridgehead atoms. The average Bonchev–Trinajstić information content (AvgIpc) is 2.61. The maximum absolute atomic E-state index is 12.0. The lowest BCUT2D eigenvalue weighted by Crippen LogP contribution is -2.51. The molecule has 3 heterocycles. The Kier molecular flexibility index (Phi) is 5.43. The molecule has 1 unspecified atom stereocenters. The highest BCUT2D eigenvalue weighted by Crippen LogP contribution is 2.13. The van der Waals surface area contributed by atoms with E-state index < -0.39 is 0 Å². The van der Waals surface area contributed by atoms with Gasteiger partial charge in [-0.05, 0) is 18.7 Å². The van der Waals surface area contributed by atoms with Gasteiger partial charge in [0.25, 0.3) is 0 Å². The number of hydrogen-bond donors (Lipinski definition) is 2. The summed E-state index contributed by atoms with van der Waals surface area (Å²) < 4.78 is 5.30. The number of hydrogen-bond acceptors (Lipinski definition) is 6. The molecule has 0 spiro atoms. The minimum Gasteiger partial charge on any atom is -0.378 e. The third kappa shape index (κ3) is 4.40. The normalized spacial score (nSPS) is 22.8. The number of pyridine rings is 1. The molecule has 0 aliphatic carbocycles. The van der Waals surface area contributed by atoms with Crippen molar-refractivity contribution in [2.75, 3.05) is 57.9 Å². The van der Waals surface area contributed by atoms with Gasteiger partial charge < -0.3 is 25.2 Å². The van der Waals surface area contributed by atoms with Crippen LogP contribution in [0.3, 0.4) is 0 Å². The van der Waals surface area contributed by atoms with Gasteiger partial charge in [0.05, 0.1) is 13.2 Å². The Hall–Kier alpha value is -1.70. The summed E-state index contributed by atoms with van der Waals surface area (Å²) in [6.45, 7) is 6.46. The van der Waals surface area contributed by atoms with Gasteiger partial charge in [0, 0.05) is 45.5 Å². The van der Waals surface area contributed by atoms with Crippen molar-refractivity contribution < 1.29 is 9.53 Å². The first-order valence-corrected chi connectivity index (χ1v) is 8.19. The van der Waals surface area contributed by atoms with Gasteiger partial charge in [-0.2, -0.15) is 0 Å². The SMILES string of the molecule is CN1CCN(c2ccc(CNC(=O)C3COCCN3)cn2)CC1. The molecule has 7 heteroatoms. The number of likely N-dealkylation sites (N-methyl/N-ethyl adjacent to an activating group) is 1. The number of piperazine rings is 1. The first-order valence-electron chi connectivity index (χ1n) is 8.19. The summed E-state index contributed by atoms with van der Waals surface area (Å²) >= 11 is 0. The van der Waals surface area contributed by atoms with Gasteiger partial charge in [-0.3, -0.25) is 4.79 Å². The van der Waals surface area contributed by atoms with Crippen molar-refractivity contribution in [3.05, 3.63) is 23.9 Å². The molecule has 1 atom stereocenters. The van der Waals surface area contributed by atoms with E-state index in [4.69, 9.17) is 4.74 Å². The standard InChI is InChI=1S/C16H25N5O2/c1-20-5-7-21(8-6-20)15-3-2-13(10-18-15)11-19-16(22)14-12-23-9-4-17-14/h2-3,10,14,17H,4-9,11-12H2,1H3,(H,19,22). The molecule has 3 rings (SSSR count). The molecule has 0 aromatic carbocycles. The number of amides is 1. The zero-order valence-corrected chi connectivity index (χ0v) is 13.6. The zero-order chi connectivity index (χ0) is 16.1. The summed E-state index contributed by atoms with van der Waals surface area (Å²) in [5.41, 5.74) is 1.01. The van der Waals surface area contributed by atoms with Crippen molar-refractivity contribution in [2.45, 2.75) is 12.6 Å². The summed E-state index contributed by atoms with van der Waals surface area (Å²) in [6, 6.07) is 3.82. The van der Waals surface area contributed by atoms with Crippen molar-refractivity contribution in [2.24, 2.45) is 0 Å². The molecule has 0 radical (unpaired) electrons. The molecule has 2 aliphatic rings. The highest BCUT2D eigenvalue weighted by atomic mass is 16.5. The van der Waals surface area contributed by atoms with Crippen molar-refractivity contribution >= 4 is 11.7 Å². The minimum atomic E-state index is -0.249. The van der Waals surface area contributed by atoms with Crippen molar-refractivity contribution in [1.82, 2.24) is 20.5 Å². The van der Waals surface area contributed by atoms with E-state index in [9.17, 15) is 4.79 Å². The Bertz CT molecular complexity index is 508. The number of aromatic nitrogens is 1. The molecule has 2 fully saturated rings. The van der Waals surface area contributed by atoms with Crippen LogP contribution in [0.2, 0.25) is 0 Å². The predicted molar refractivity (Wildman–Crippen MR) is 88.4 cm³/mol. The van der Waals surface area contributed by atoms with Crippen LogP contribution in [0.25, 0.3) is 0 Å². The second-order valence-electron chi connectivity index (χ2n) is 6.11. The molecule has 0 saturated carbocycles. The first kappa shape index (κ1) is 16.2. The third-order valence-electron chi connectivity index (χ3n) is 4.34. The van der Waals surface area contributed by atoms with Crippen LogP contribution in [0.15, 0.2) is 18.3 Å². The Morgan fingerprint density at radius 3 is 2.87 bits per heavy atom. The van der Waals surface area contributed by atoms with E-state index in [-0.39, 0.29) is 11.9 Å². The van der Waals surface area contributed by atoms with Gasteiger partial charge >= 0.3 is 0 Å². The second kappa shape index (κ2) is 7.72. The van der Waals surface area contributed by atoms with Crippen LogP contribution in [0.1, 0.15) is 5.56 Å². The summed E-state index contributed by atoms with van der Waals surface area (Å²) in [5, 5.41) is 6.08. The molecule has 23 heavy (non-hydrogen) atoms. The van der Waals surface area contributed by atoms with Gasteiger partial charge in [-0.15, -0.1) is 0 Å². The summed E-state index contributed by atoms with van der Waals surface area (Å²) in [6.07, 6.45) is 1.85. The van der Waals surface area contributed by atoms with Crippen LogP contribution in [0.4, 0.5) is 5.82 Å². The number of nitrogens with one attached hydrogen (secondary N) is 2. The predicted octanol–water partition coefficient (Wildman–Crippen LogP) is -0.562. The van der Waals surface area contributed by atoms with E-state index in [1.165, 1.54) is 0 Å². The van der Waals surface area contributed by atoms with Gasteiger partial charge in [-0.25, -0.2) is 4.98 Å². The molecule has 1 aromatic heterocycles. The van der Waals surface area contributed by atoms with Crippen LogP contribution < -0.4 is 15.5 Å². The number of rotatable bonds is 4. The molecule has 2 N–H and O–H groups in total. The molecular weight excluding hydrogens is 294 g/mol. The van der Waals surface area contributed by atoms with Gasteiger partial charge in [0.2, 0.25) is 5.91 Å². The third-order valence-corrected chi connectivity index (χ3v) is 4.34. The molecular formula is C16H25N5O2. The maximum atomic E-state index is 12.0. The quantitative estimate of drug-likeness (QED) is 0.775. The Morgan fingerprint density at radius 1 is 1.39 bits per heavy atom. The Labute approximate surface area is 137 Å². The monoisotopic (exact) mass is 319 g/mol. The molecule has 1 amide bonds. The molecule has 2 saturated heterocycles. The lowest BCUT2D eigenvalue weighted by molar-refractivity contribution is -0.126. The minimum absolute atomic E-state index is 0.0205. The lowest BCUT2D eigenvalue weighted by atomic mass is 10.2. The van der Waals surface area contributed by atoms with Crippen LogP contribution in [-0.4, -0.2) is 74.8 Å². The fraction of sp³-hybridized carbons (Fsp3) is 0.625. The Balaban J connectivity index is 1.48. The summed E-state index contributed by atoms with van der Waals surface area (Å²) in [7, 11) is 2.14. The van der Waals surface area contributed by atoms with E-state index in [0.29, 0.717) is 19.8 Å². The second-order valence-corrected chi connectivity index (χ2v) is 6.11. The van der Waals surface area contributed by atoms with Gasteiger partial charge in [0.1, 0.15) is 11.9 Å². The molecule has 7 nitrogen and oxygen atoms in total. The number of carbonyl (C=O) groups is 1. The van der Waals surface area contributed by atoms with Gasteiger partial charge in [-0.1, -0.05) is 6.07 Å². The van der Waals surface area contributed by atoms with E-state index in [1.807, 2.05) is 18.3 Å². The van der Waals surface area contributed by atoms with E-state index >= 15 is 0 Å². The maximum Gasteiger partial charge on any atom is 0.239 e. The van der Waals surface area contributed by atoms with E-state index in [1.54, 1.807) is 0 Å². The molecule has 2 aliphatic heterocycles. The highest BCUT2D eigenvalue weighted by Gasteiger charge is 2.20. The summed E-state index contributed by atoms with van der Waals surface area (Å²) in [5.74, 6) is 0.989. The zero-order valence-electron chi connectivity index (χ0n) is 13.6. The van der Waals surface area contributed by atoms with Crippen molar-refractivity contribution in [3.63, 3.8) is 0 Å². The largest absolute Gasteiger partial charge is 0.378 e. The van der Waals surface area contributed by atoms with E-state index in [0.717, 1.165) is 44.1 Å². The number of anilines is 1. The number of ether oxygens (including phenoxy) is 1. The van der Waals surface area contributed by atoms with Crippen LogP contribution >= 0.6 is 0 Å². The van der Waals surface area contributed by atoms with Crippen molar-refractivity contribution in [3.8, 4) is 0 Å². The number of morpholine rings is 1. The molecule has 126 valence electrons. The first-order chi connectivity index (χ1) is 11.2. The number of nitrogens with zero attached hydrogens (tertiary/aromatic N) is 3. The Morgan fingerprint density at radius 2 is 2.22 bits per heavy atom. The smallest absolute Gasteiger partial charge is 0.239 e. The van der Waals surface area contributed by atoms with E-state index in [2.05, 4.69) is 32.5 Å². The van der Waals surface area contributed by atoms with Gasteiger partial charge in [0.15, 0.2) is 0 Å². The summed E-state index contributed by atoms with van der Waals surface area (Å²) in [4.78, 5) is 21.2. The lowest BCUT2D eigenvalue weighted by Gasteiger charge is -2.33. The van der Waals surface area contributed by atoms with Crippen LogP contribution in [-0.2, 0) is 16.1 Å². The fourth-order valence-electron chi connectivity index (χ4n) is 2.79. The fourth-order valence-corrected chi connectivity index (χ4v) is 2.79. The van der Waals surface area contributed by atoms with Crippen molar-refractivity contribution in [1.29, 1.82) is 0 Å². The number of carbonyl (C=O) groups excluding carboxylic acids is 1. The molecule has 1 aromatic rings. The highest BCUT2D eigenvalue weighted by molar-refractivity contribution is 5.81.